The van der Waals surface area contributed by atoms with Crippen LogP contribution in [0.15, 0.2) is 24.3 Å². The van der Waals surface area contributed by atoms with Crippen LogP contribution >= 0.6 is 11.8 Å². The van der Waals surface area contributed by atoms with E-state index in [0.717, 1.165) is 5.56 Å². The Morgan fingerprint density at radius 2 is 1.43 bits per heavy atom. The quantitative estimate of drug-likeness (QED) is 0.0634. The van der Waals surface area contributed by atoms with Gasteiger partial charge in [0.1, 0.15) is 18.5 Å². The van der Waals surface area contributed by atoms with Crippen LogP contribution in [0.25, 0.3) is 0 Å². The van der Waals surface area contributed by atoms with E-state index in [-0.39, 0.29) is 57.0 Å². The number of aliphatic hydroxyl groups excluding tert-OH is 10. The summed E-state index contributed by atoms with van der Waals surface area (Å²) in [7, 11) is 0. The molecule has 1 aromatic carbocycles. The van der Waals surface area contributed by atoms with Gasteiger partial charge in [0.15, 0.2) is 5.12 Å². The van der Waals surface area contributed by atoms with Crippen molar-refractivity contribution in [2.75, 3.05) is 39.5 Å². The first-order chi connectivity index (χ1) is 19.9. The van der Waals surface area contributed by atoms with E-state index < -0.39 is 62.0 Å². The highest BCUT2D eigenvalue weighted by Crippen LogP contribution is 2.20. The topological polar surface area (TPSA) is 232 Å². The summed E-state index contributed by atoms with van der Waals surface area (Å²) in [4.78, 5) is 13.3. The molecule has 0 heterocycles. The Morgan fingerprint density at radius 1 is 0.810 bits per heavy atom. The average Bonchev–Trinajstić information content (AvgIpc) is 2.97. The zero-order valence-electron chi connectivity index (χ0n) is 24.1. The van der Waals surface area contributed by atoms with E-state index in [1.54, 1.807) is 17.9 Å². The van der Waals surface area contributed by atoms with E-state index in [1.807, 2.05) is 18.2 Å². The number of thioether (sulfide) groups is 1. The second-order valence-electron chi connectivity index (χ2n) is 10.4. The van der Waals surface area contributed by atoms with Crippen molar-refractivity contribution in [2.24, 2.45) is 0 Å². The summed E-state index contributed by atoms with van der Waals surface area (Å²) in [5, 5.41) is 98.3. The number of aliphatic hydroxyl groups is 10. The lowest BCUT2D eigenvalue weighted by molar-refractivity contribution is -0.110. The molecule has 0 amide bonds. The number of ether oxygens (including phenoxy) is 1. The summed E-state index contributed by atoms with van der Waals surface area (Å²) in [5.41, 5.74) is 0.913. The second kappa shape index (κ2) is 21.3. The van der Waals surface area contributed by atoms with Crippen LogP contribution in [0.1, 0.15) is 44.6 Å². The van der Waals surface area contributed by atoms with Gasteiger partial charge in [0.25, 0.3) is 0 Å². The maximum atomic E-state index is 11.6. The molecular weight excluding hydrogens is 574 g/mol. The van der Waals surface area contributed by atoms with Gasteiger partial charge in [-0.3, -0.25) is 9.69 Å². The molecule has 0 fully saturated rings. The van der Waals surface area contributed by atoms with Crippen LogP contribution in [0.4, 0.5) is 0 Å². The average molecular weight is 624 g/mol. The van der Waals surface area contributed by atoms with Gasteiger partial charge < -0.3 is 55.8 Å². The summed E-state index contributed by atoms with van der Waals surface area (Å²) in [6, 6.07) is 7.27. The van der Waals surface area contributed by atoms with E-state index in [2.05, 4.69) is 0 Å². The lowest BCUT2D eigenvalue weighted by Gasteiger charge is -2.29. The minimum atomic E-state index is -1.46. The molecule has 0 aliphatic heterocycles. The van der Waals surface area contributed by atoms with Crippen LogP contribution in [0.2, 0.25) is 0 Å². The maximum Gasteiger partial charge on any atom is 0.188 e. The van der Waals surface area contributed by atoms with E-state index in [1.165, 1.54) is 11.8 Å². The fourth-order valence-electron chi connectivity index (χ4n) is 4.09. The smallest absolute Gasteiger partial charge is 0.188 e. The van der Waals surface area contributed by atoms with E-state index in [9.17, 15) is 45.6 Å². The maximum absolute atomic E-state index is 11.6. The molecule has 0 aliphatic rings. The van der Waals surface area contributed by atoms with Crippen LogP contribution in [0, 0.1) is 0 Å². The lowest BCUT2D eigenvalue weighted by Crippen LogP contribution is -2.42. The number of hydrogen-bond donors (Lipinski definition) is 10. The summed E-state index contributed by atoms with van der Waals surface area (Å²) < 4.78 is 5.86. The third-order valence-electron chi connectivity index (χ3n) is 6.71. The monoisotopic (exact) mass is 623 g/mol. The van der Waals surface area contributed by atoms with Gasteiger partial charge in [0.05, 0.1) is 55.9 Å². The summed E-state index contributed by atoms with van der Waals surface area (Å²) >= 11 is 1.22. The Kier molecular flexibility index (Phi) is 19.6. The highest BCUT2D eigenvalue weighted by Gasteiger charge is 2.26. The van der Waals surface area contributed by atoms with Crippen LogP contribution in [0.3, 0.4) is 0 Å². The molecule has 1 aromatic rings. The van der Waals surface area contributed by atoms with Crippen LogP contribution < -0.4 is 4.74 Å². The molecular formula is C28H49NO12S. The zero-order chi connectivity index (χ0) is 31.7. The minimum absolute atomic E-state index is 0.000168. The number of carbonyl (C=O) groups excluding carboxylic acids is 1. The van der Waals surface area contributed by atoms with Gasteiger partial charge in [0.2, 0.25) is 0 Å². The van der Waals surface area contributed by atoms with Crippen molar-refractivity contribution in [1.29, 1.82) is 0 Å². The Hall–Kier alpha value is -1.40. The molecule has 8 atom stereocenters. The van der Waals surface area contributed by atoms with Crippen molar-refractivity contribution in [3.8, 4) is 5.75 Å². The Labute approximate surface area is 251 Å². The SMILES string of the molecule is CCC(=O)SCc1cccc(OCCN(CC[C@@H](O)[C@@H](O)C[C@H](O)[C@H](O)CO)C[C@@H](O)C[C@@H](O)[C@H](O)C[C@H](O)CO)c1. The first-order valence-corrected chi connectivity index (χ1v) is 15.1. The fraction of sp³-hybridized carbons (Fsp3) is 0.750. The molecule has 13 nitrogen and oxygen atoms in total. The van der Waals surface area contributed by atoms with Crippen molar-refractivity contribution in [2.45, 2.75) is 93.6 Å². The lowest BCUT2D eigenvalue weighted by atomic mass is 10.00. The Morgan fingerprint density at radius 3 is 2.05 bits per heavy atom. The van der Waals surface area contributed by atoms with Crippen molar-refractivity contribution < 1.29 is 60.6 Å². The first kappa shape index (κ1) is 38.6. The van der Waals surface area contributed by atoms with Gasteiger partial charge in [-0.15, -0.1) is 0 Å². The normalized spacial score (nSPS) is 17.7. The molecule has 42 heavy (non-hydrogen) atoms. The molecule has 0 aromatic heterocycles. The van der Waals surface area contributed by atoms with E-state index in [0.29, 0.717) is 17.9 Å². The molecule has 0 bridgehead atoms. The molecule has 1 rings (SSSR count). The predicted molar refractivity (Wildman–Crippen MR) is 156 cm³/mol. The van der Waals surface area contributed by atoms with Gasteiger partial charge in [0, 0.05) is 51.1 Å². The van der Waals surface area contributed by atoms with Gasteiger partial charge in [-0.25, -0.2) is 0 Å². The van der Waals surface area contributed by atoms with Crippen molar-refractivity contribution in [3.63, 3.8) is 0 Å². The Bertz CT molecular complexity index is 868. The van der Waals surface area contributed by atoms with Crippen LogP contribution in [-0.2, 0) is 10.5 Å². The molecule has 0 radical (unpaired) electrons. The molecule has 0 aliphatic carbocycles. The fourth-order valence-corrected chi connectivity index (χ4v) is 4.80. The van der Waals surface area contributed by atoms with Gasteiger partial charge in [-0.05, 0) is 24.1 Å². The standard InChI is InChI=1S/C28H49NO12S/c1-2-28(40)42-17-18-4-3-5-21(10-18)41-9-8-29(7-6-22(34)25(37)13-26(38)27(39)16-31)14-19(32)11-23(35)24(36)12-20(33)15-30/h3-5,10,19-20,22-27,30-39H,2,6-9,11-17H2,1H3/t19-,20-,22+,23+,24+,25-,26-,27+/m0/s1. The highest BCUT2D eigenvalue weighted by molar-refractivity contribution is 8.12. The molecule has 0 spiro atoms. The number of nitrogens with zero attached hydrogens (tertiary/aromatic N) is 1. The second-order valence-corrected chi connectivity index (χ2v) is 11.4. The molecule has 0 unspecified atom stereocenters. The summed E-state index contributed by atoms with van der Waals surface area (Å²) in [6.07, 6.45) is -11.1. The van der Waals surface area contributed by atoms with Crippen molar-refractivity contribution >= 4 is 16.9 Å². The number of benzene rings is 1. The Balaban J connectivity index is 2.77. The van der Waals surface area contributed by atoms with Gasteiger partial charge in [-0.1, -0.05) is 30.8 Å². The molecule has 0 saturated heterocycles. The molecule has 0 saturated carbocycles. The van der Waals surface area contributed by atoms with Crippen LogP contribution in [0.5, 0.6) is 5.75 Å². The first-order valence-electron chi connectivity index (χ1n) is 14.2. The van der Waals surface area contributed by atoms with Crippen LogP contribution in [-0.4, -0.2) is 149 Å². The van der Waals surface area contributed by atoms with E-state index in [4.69, 9.17) is 14.9 Å². The molecule has 244 valence electrons. The predicted octanol–water partition coefficient (Wildman–Crippen LogP) is -2.03. The third kappa shape index (κ3) is 15.9. The molecule has 14 heteroatoms. The number of rotatable bonds is 23. The summed E-state index contributed by atoms with van der Waals surface area (Å²) in [6.45, 7) is 1.12. The summed E-state index contributed by atoms with van der Waals surface area (Å²) in [5.74, 6) is 1.08. The number of carbonyl (C=O) groups is 1. The van der Waals surface area contributed by atoms with Gasteiger partial charge in [-0.2, -0.15) is 0 Å². The number of hydrogen-bond acceptors (Lipinski definition) is 14. The minimum Gasteiger partial charge on any atom is -0.492 e. The third-order valence-corrected chi connectivity index (χ3v) is 7.80. The highest BCUT2D eigenvalue weighted by atomic mass is 32.2. The van der Waals surface area contributed by atoms with E-state index >= 15 is 0 Å². The molecule has 10 N–H and O–H groups in total. The van der Waals surface area contributed by atoms with Crippen molar-refractivity contribution in [1.82, 2.24) is 4.90 Å². The zero-order valence-corrected chi connectivity index (χ0v) is 24.9. The largest absolute Gasteiger partial charge is 0.492 e. The van der Waals surface area contributed by atoms with Gasteiger partial charge >= 0.3 is 0 Å². The van der Waals surface area contributed by atoms with Crippen molar-refractivity contribution in [3.05, 3.63) is 29.8 Å².